The second-order valence-electron chi connectivity index (χ2n) is 6.00. The molecule has 0 amide bonds. The summed E-state index contributed by atoms with van der Waals surface area (Å²) in [4.78, 5) is 8.86. The summed E-state index contributed by atoms with van der Waals surface area (Å²) in [5.74, 6) is 0.836. The van der Waals surface area contributed by atoms with Gasteiger partial charge in [0.1, 0.15) is 0 Å². The van der Waals surface area contributed by atoms with E-state index in [0.29, 0.717) is 6.54 Å². The molecule has 5 nitrogen and oxygen atoms in total. The van der Waals surface area contributed by atoms with Crippen LogP contribution in [0.5, 0.6) is 0 Å². The van der Waals surface area contributed by atoms with Crippen LogP contribution >= 0.6 is 0 Å². The molecule has 2 aromatic rings. The van der Waals surface area contributed by atoms with Crippen molar-refractivity contribution in [1.29, 1.82) is 0 Å². The lowest BCUT2D eigenvalue weighted by molar-refractivity contribution is 0.133. The highest BCUT2D eigenvalue weighted by Crippen LogP contribution is 2.00. The summed E-state index contributed by atoms with van der Waals surface area (Å²) in [7, 11) is 0. The van der Waals surface area contributed by atoms with Crippen LogP contribution in [0.1, 0.15) is 31.0 Å². The Kier molecular flexibility index (Phi) is 9.88. The Labute approximate surface area is 156 Å². The fourth-order valence-corrected chi connectivity index (χ4v) is 2.47. The number of guanidine groups is 1. The van der Waals surface area contributed by atoms with E-state index < -0.39 is 0 Å². The smallest absolute Gasteiger partial charge is 0.191 e. The van der Waals surface area contributed by atoms with Crippen molar-refractivity contribution in [2.75, 3.05) is 26.3 Å². The van der Waals surface area contributed by atoms with Gasteiger partial charge in [-0.2, -0.15) is 0 Å². The van der Waals surface area contributed by atoms with E-state index in [1.807, 2.05) is 24.3 Å². The van der Waals surface area contributed by atoms with Gasteiger partial charge >= 0.3 is 0 Å². The average Bonchev–Trinajstić information content (AvgIpc) is 2.69. The lowest BCUT2D eigenvalue weighted by Crippen LogP contribution is -2.37. The first-order valence-corrected chi connectivity index (χ1v) is 9.42. The molecule has 1 heterocycles. The van der Waals surface area contributed by atoms with E-state index in [4.69, 9.17) is 4.74 Å². The molecule has 0 fully saturated rings. The molecule has 0 radical (unpaired) electrons. The molecule has 0 saturated heterocycles. The molecule has 0 saturated carbocycles. The molecule has 0 unspecified atom stereocenters. The predicted octanol–water partition coefficient (Wildman–Crippen LogP) is 3.18. The Bertz CT molecular complexity index is 616. The zero-order valence-corrected chi connectivity index (χ0v) is 15.7. The van der Waals surface area contributed by atoms with Gasteiger partial charge in [-0.05, 0) is 43.9 Å². The lowest BCUT2D eigenvalue weighted by atomic mass is 10.2. The molecule has 26 heavy (non-hydrogen) atoms. The predicted molar refractivity (Wildman–Crippen MR) is 107 cm³/mol. The summed E-state index contributed by atoms with van der Waals surface area (Å²) < 4.78 is 5.72. The van der Waals surface area contributed by atoms with Crippen LogP contribution in [0, 0.1) is 0 Å². The third-order valence-electron chi connectivity index (χ3n) is 3.86. The normalized spacial score (nSPS) is 11.3. The maximum atomic E-state index is 5.72. The van der Waals surface area contributed by atoms with Gasteiger partial charge in [0.25, 0.3) is 0 Å². The van der Waals surface area contributed by atoms with Gasteiger partial charge in [-0.15, -0.1) is 0 Å². The average molecular weight is 354 g/mol. The number of benzene rings is 1. The Hall–Kier alpha value is -2.40. The number of hydrogen-bond donors (Lipinski definition) is 2. The summed E-state index contributed by atoms with van der Waals surface area (Å²) in [5.41, 5.74) is 2.30. The molecule has 0 spiro atoms. The minimum Gasteiger partial charge on any atom is -0.381 e. The number of pyridine rings is 1. The fraction of sp³-hybridized carbons (Fsp3) is 0.429. The van der Waals surface area contributed by atoms with Crippen molar-refractivity contribution in [3.8, 4) is 0 Å². The number of unbranched alkanes of at least 4 members (excludes halogenated alkanes) is 1. The Morgan fingerprint density at radius 3 is 2.62 bits per heavy atom. The maximum Gasteiger partial charge on any atom is 0.191 e. The fourth-order valence-electron chi connectivity index (χ4n) is 2.47. The minimum absolute atomic E-state index is 0.582. The molecule has 1 aromatic carbocycles. The molecule has 140 valence electrons. The lowest BCUT2D eigenvalue weighted by Gasteiger charge is -2.11. The van der Waals surface area contributed by atoms with Gasteiger partial charge in [0.15, 0.2) is 5.96 Å². The zero-order chi connectivity index (χ0) is 18.3. The van der Waals surface area contributed by atoms with Crippen LogP contribution in [0.2, 0.25) is 0 Å². The van der Waals surface area contributed by atoms with Gasteiger partial charge in [-0.1, -0.05) is 36.4 Å². The van der Waals surface area contributed by atoms with Crippen molar-refractivity contribution >= 4 is 5.96 Å². The molecule has 2 rings (SSSR count). The van der Waals surface area contributed by atoms with E-state index in [2.05, 4.69) is 51.8 Å². The summed E-state index contributed by atoms with van der Waals surface area (Å²) in [5, 5.41) is 6.63. The zero-order valence-electron chi connectivity index (χ0n) is 15.7. The number of nitrogens with zero attached hydrogens (tertiary/aromatic N) is 2. The highest BCUT2D eigenvalue weighted by Gasteiger charge is 1.98. The van der Waals surface area contributed by atoms with Crippen LogP contribution in [0.15, 0.2) is 59.7 Å². The first-order valence-electron chi connectivity index (χ1n) is 9.42. The van der Waals surface area contributed by atoms with Crippen LogP contribution in [0.4, 0.5) is 0 Å². The Morgan fingerprint density at radius 1 is 1.00 bits per heavy atom. The van der Waals surface area contributed by atoms with Gasteiger partial charge in [0.05, 0.1) is 18.8 Å². The van der Waals surface area contributed by atoms with E-state index in [9.17, 15) is 0 Å². The van der Waals surface area contributed by atoms with Crippen molar-refractivity contribution in [2.24, 2.45) is 4.99 Å². The standard InChI is InChI=1S/C21H30N4O/c1-2-22-21(25-18-20-12-6-7-14-23-20)24-15-8-9-16-26-17-13-19-10-4-3-5-11-19/h3-7,10-12,14H,2,8-9,13,15-18H2,1H3,(H2,22,24,25). The topological polar surface area (TPSA) is 58.5 Å². The molecule has 0 bridgehead atoms. The largest absolute Gasteiger partial charge is 0.381 e. The Morgan fingerprint density at radius 2 is 1.85 bits per heavy atom. The van der Waals surface area contributed by atoms with E-state index in [1.54, 1.807) is 6.20 Å². The molecule has 1 aromatic heterocycles. The van der Waals surface area contributed by atoms with Crippen LogP contribution in [-0.2, 0) is 17.7 Å². The number of aromatic nitrogens is 1. The van der Waals surface area contributed by atoms with E-state index in [1.165, 1.54) is 5.56 Å². The summed E-state index contributed by atoms with van der Waals surface area (Å²) in [6.07, 6.45) is 4.87. The van der Waals surface area contributed by atoms with Crippen molar-refractivity contribution in [2.45, 2.75) is 32.7 Å². The third-order valence-corrected chi connectivity index (χ3v) is 3.86. The highest BCUT2D eigenvalue weighted by molar-refractivity contribution is 5.79. The van der Waals surface area contributed by atoms with Gasteiger partial charge in [0, 0.05) is 25.9 Å². The summed E-state index contributed by atoms with van der Waals surface area (Å²) in [6.45, 7) is 5.96. The van der Waals surface area contributed by atoms with Gasteiger partial charge in [0.2, 0.25) is 0 Å². The molecular weight excluding hydrogens is 324 g/mol. The van der Waals surface area contributed by atoms with Crippen LogP contribution in [0.25, 0.3) is 0 Å². The number of aliphatic imine (C=N–C) groups is 1. The number of rotatable bonds is 11. The molecule has 0 aliphatic heterocycles. The molecular formula is C21H30N4O. The van der Waals surface area contributed by atoms with Crippen LogP contribution < -0.4 is 10.6 Å². The van der Waals surface area contributed by atoms with Gasteiger partial charge in [-0.3, -0.25) is 4.98 Å². The molecule has 0 aliphatic carbocycles. The van der Waals surface area contributed by atoms with Crippen molar-refractivity contribution < 1.29 is 4.74 Å². The quantitative estimate of drug-likeness (QED) is 0.370. The van der Waals surface area contributed by atoms with Gasteiger partial charge in [-0.25, -0.2) is 4.99 Å². The highest BCUT2D eigenvalue weighted by atomic mass is 16.5. The second kappa shape index (κ2) is 12.9. The number of ether oxygens (including phenoxy) is 1. The van der Waals surface area contributed by atoms with Crippen LogP contribution in [-0.4, -0.2) is 37.2 Å². The molecule has 0 aliphatic rings. The second-order valence-corrected chi connectivity index (χ2v) is 6.00. The maximum absolute atomic E-state index is 5.72. The molecule has 2 N–H and O–H groups in total. The number of hydrogen-bond acceptors (Lipinski definition) is 3. The first-order chi connectivity index (χ1) is 12.9. The van der Waals surface area contributed by atoms with Crippen molar-refractivity contribution in [3.05, 3.63) is 66.0 Å². The SMILES string of the molecule is CCNC(=NCc1ccccn1)NCCCCOCCc1ccccc1. The van der Waals surface area contributed by atoms with E-state index in [0.717, 1.165) is 57.2 Å². The number of nitrogens with one attached hydrogen (secondary N) is 2. The first kappa shape index (κ1) is 19.9. The van der Waals surface area contributed by atoms with Crippen molar-refractivity contribution in [1.82, 2.24) is 15.6 Å². The van der Waals surface area contributed by atoms with Crippen LogP contribution in [0.3, 0.4) is 0 Å². The molecule has 5 heteroatoms. The minimum atomic E-state index is 0.582. The third kappa shape index (κ3) is 8.62. The monoisotopic (exact) mass is 354 g/mol. The summed E-state index contributed by atoms with van der Waals surface area (Å²) >= 11 is 0. The summed E-state index contributed by atoms with van der Waals surface area (Å²) in [6, 6.07) is 16.3. The Balaban J connectivity index is 1.54. The van der Waals surface area contributed by atoms with Gasteiger partial charge < -0.3 is 15.4 Å². The van der Waals surface area contributed by atoms with E-state index >= 15 is 0 Å². The molecule has 0 atom stereocenters. The van der Waals surface area contributed by atoms with Crippen molar-refractivity contribution in [3.63, 3.8) is 0 Å². The van der Waals surface area contributed by atoms with E-state index in [-0.39, 0.29) is 0 Å².